The molecule has 0 spiro atoms. The number of nitro groups is 1. The molecule has 2 fully saturated rings. The van der Waals surface area contributed by atoms with Crippen LogP contribution in [0.1, 0.15) is 46.9 Å². The van der Waals surface area contributed by atoms with Crippen molar-refractivity contribution < 1.29 is 24.1 Å². The van der Waals surface area contributed by atoms with Crippen LogP contribution in [0.2, 0.25) is 0 Å². The largest absolute Gasteiger partial charge is 0.292 e. The van der Waals surface area contributed by atoms with Gasteiger partial charge in [-0.3, -0.25) is 29.3 Å². The SMILES string of the molecule is C[C@@H]1CC[C@@H]2C(=O)N(N(CC(=O)c3ccc(Br)cc3)C(=O)c3ccccc3[N+](=O)[O-])C(=O)[C@@H]2C1. The zero-order valence-electron chi connectivity index (χ0n) is 18.3. The molecule has 1 saturated heterocycles. The van der Waals surface area contributed by atoms with Gasteiger partial charge in [-0.1, -0.05) is 47.1 Å². The Kier molecular flexibility index (Phi) is 6.60. The lowest BCUT2D eigenvalue weighted by molar-refractivity contribution is -0.385. The lowest BCUT2D eigenvalue weighted by Gasteiger charge is -2.30. The maximum absolute atomic E-state index is 13.6. The lowest BCUT2D eigenvalue weighted by atomic mass is 9.76. The second kappa shape index (κ2) is 9.46. The average Bonchev–Trinajstić information content (AvgIpc) is 3.06. The minimum absolute atomic E-state index is 0.252. The Balaban J connectivity index is 1.74. The van der Waals surface area contributed by atoms with Crippen LogP contribution in [0, 0.1) is 27.9 Å². The third-order valence-corrected chi connectivity index (χ3v) is 6.96. The van der Waals surface area contributed by atoms with E-state index in [-0.39, 0.29) is 17.0 Å². The highest BCUT2D eigenvalue weighted by Crippen LogP contribution is 2.41. The van der Waals surface area contributed by atoms with E-state index in [4.69, 9.17) is 0 Å². The average molecular weight is 528 g/mol. The summed E-state index contributed by atoms with van der Waals surface area (Å²) in [6.07, 6.45) is 1.81. The minimum Gasteiger partial charge on any atom is -0.292 e. The quantitative estimate of drug-likeness (QED) is 0.242. The highest BCUT2D eigenvalue weighted by molar-refractivity contribution is 9.10. The fourth-order valence-corrected chi connectivity index (χ4v) is 4.92. The summed E-state index contributed by atoms with van der Waals surface area (Å²) < 4.78 is 0.750. The van der Waals surface area contributed by atoms with Crippen LogP contribution in [-0.4, -0.2) is 45.0 Å². The van der Waals surface area contributed by atoms with Gasteiger partial charge in [0, 0.05) is 16.1 Å². The predicted molar refractivity (Wildman–Crippen MR) is 124 cm³/mol. The van der Waals surface area contributed by atoms with Crippen molar-refractivity contribution in [2.75, 3.05) is 6.54 Å². The van der Waals surface area contributed by atoms with E-state index in [1.54, 1.807) is 24.3 Å². The van der Waals surface area contributed by atoms with Crippen molar-refractivity contribution in [1.82, 2.24) is 10.0 Å². The first-order valence-corrected chi connectivity index (χ1v) is 11.7. The molecule has 9 nitrogen and oxygen atoms in total. The summed E-state index contributed by atoms with van der Waals surface area (Å²) in [4.78, 5) is 64.0. The van der Waals surface area contributed by atoms with E-state index in [1.165, 1.54) is 18.2 Å². The molecular formula is C24H22BrN3O6. The number of Topliss-reactive ketones (excluding diaryl/α,β-unsaturated/α-hetero) is 1. The Labute approximate surface area is 204 Å². The molecule has 0 aromatic heterocycles. The number of hydrazine groups is 1. The second-order valence-electron chi connectivity index (χ2n) is 8.69. The summed E-state index contributed by atoms with van der Waals surface area (Å²) >= 11 is 3.29. The van der Waals surface area contributed by atoms with Crippen molar-refractivity contribution in [3.05, 3.63) is 74.2 Å². The first-order valence-electron chi connectivity index (χ1n) is 10.9. The van der Waals surface area contributed by atoms with E-state index >= 15 is 0 Å². The summed E-state index contributed by atoms with van der Waals surface area (Å²) in [5.41, 5.74) is -0.507. The Bertz CT molecular complexity index is 1180. The van der Waals surface area contributed by atoms with Gasteiger partial charge in [-0.2, -0.15) is 5.01 Å². The molecule has 0 bridgehead atoms. The third-order valence-electron chi connectivity index (χ3n) is 6.43. The van der Waals surface area contributed by atoms with Gasteiger partial charge in [-0.25, -0.2) is 5.01 Å². The van der Waals surface area contributed by atoms with Crippen molar-refractivity contribution in [1.29, 1.82) is 0 Å². The Morgan fingerprint density at radius 2 is 1.71 bits per heavy atom. The van der Waals surface area contributed by atoms with E-state index in [2.05, 4.69) is 15.9 Å². The molecule has 1 heterocycles. The molecule has 1 saturated carbocycles. The molecule has 1 aliphatic carbocycles. The van der Waals surface area contributed by atoms with Crippen molar-refractivity contribution in [3.63, 3.8) is 0 Å². The molecule has 10 heteroatoms. The molecular weight excluding hydrogens is 506 g/mol. The summed E-state index contributed by atoms with van der Waals surface area (Å²) in [6.45, 7) is 1.39. The monoisotopic (exact) mass is 527 g/mol. The van der Waals surface area contributed by atoms with E-state index < -0.39 is 52.5 Å². The van der Waals surface area contributed by atoms with Gasteiger partial charge in [0.2, 0.25) is 0 Å². The molecule has 2 aromatic rings. The van der Waals surface area contributed by atoms with E-state index in [0.717, 1.165) is 27.0 Å². The molecule has 3 atom stereocenters. The number of para-hydroxylation sites is 1. The number of rotatable bonds is 6. The minimum atomic E-state index is -0.953. The molecule has 0 N–H and O–H groups in total. The number of fused-ring (bicyclic) bond motifs is 1. The van der Waals surface area contributed by atoms with Crippen LogP contribution in [0.4, 0.5) is 5.69 Å². The number of benzene rings is 2. The number of imide groups is 1. The molecule has 0 unspecified atom stereocenters. The molecule has 4 rings (SSSR count). The van der Waals surface area contributed by atoms with Crippen molar-refractivity contribution in [2.24, 2.45) is 17.8 Å². The number of carbonyl (C=O) groups excluding carboxylic acids is 4. The number of hydrogen-bond acceptors (Lipinski definition) is 6. The van der Waals surface area contributed by atoms with Gasteiger partial charge in [0.15, 0.2) is 5.78 Å². The number of nitro benzene ring substituents is 1. The van der Waals surface area contributed by atoms with Crippen LogP contribution < -0.4 is 0 Å². The Morgan fingerprint density at radius 1 is 1.06 bits per heavy atom. The smallest absolute Gasteiger partial charge is 0.282 e. The summed E-state index contributed by atoms with van der Waals surface area (Å²) in [5, 5.41) is 13.1. The van der Waals surface area contributed by atoms with Gasteiger partial charge in [-0.05, 0) is 43.4 Å². The van der Waals surface area contributed by atoms with Crippen LogP contribution in [0.5, 0.6) is 0 Å². The zero-order chi connectivity index (χ0) is 24.6. The van der Waals surface area contributed by atoms with Gasteiger partial charge in [0.05, 0.1) is 16.8 Å². The van der Waals surface area contributed by atoms with Gasteiger partial charge in [0.1, 0.15) is 12.1 Å². The number of ketones is 1. The van der Waals surface area contributed by atoms with Crippen molar-refractivity contribution in [2.45, 2.75) is 26.2 Å². The summed E-state index contributed by atoms with van der Waals surface area (Å²) in [6, 6.07) is 11.7. The van der Waals surface area contributed by atoms with Crippen LogP contribution >= 0.6 is 15.9 Å². The van der Waals surface area contributed by atoms with Crippen LogP contribution in [0.15, 0.2) is 53.0 Å². The molecule has 176 valence electrons. The van der Waals surface area contributed by atoms with Crippen LogP contribution in [0.25, 0.3) is 0 Å². The normalized spacial score (nSPS) is 21.8. The van der Waals surface area contributed by atoms with Crippen LogP contribution in [-0.2, 0) is 9.59 Å². The standard InChI is InChI=1S/C24H22BrN3O6/c1-14-6-11-17-19(12-14)24(32)27(23(17)31)26(13-21(29)15-7-9-16(25)10-8-15)22(30)18-4-2-3-5-20(18)28(33)34/h2-5,7-10,14,17,19H,6,11-13H2,1H3/t14-,17+,19-/m1/s1. The number of amides is 3. The lowest BCUT2D eigenvalue weighted by Crippen LogP contribution is -2.52. The highest BCUT2D eigenvalue weighted by Gasteiger charge is 2.53. The number of nitrogens with zero attached hydrogens (tertiary/aromatic N) is 3. The summed E-state index contributed by atoms with van der Waals surface area (Å²) in [5.74, 6) is -3.43. The first-order chi connectivity index (χ1) is 16.2. The summed E-state index contributed by atoms with van der Waals surface area (Å²) in [7, 11) is 0. The number of carbonyl (C=O) groups is 4. The Hall–Kier alpha value is -3.40. The zero-order valence-corrected chi connectivity index (χ0v) is 19.9. The third kappa shape index (κ3) is 4.37. The number of halogens is 1. The maximum atomic E-state index is 13.6. The fourth-order valence-electron chi connectivity index (χ4n) is 4.66. The van der Waals surface area contributed by atoms with E-state index in [9.17, 15) is 29.3 Å². The topological polar surface area (TPSA) is 118 Å². The van der Waals surface area contributed by atoms with Crippen molar-refractivity contribution >= 4 is 45.1 Å². The van der Waals surface area contributed by atoms with Gasteiger partial charge >= 0.3 is 0 Å². The number of hydrogen-bond donors (Lipinski definition) is 0. The van der Waals surface area contributed by atoms with E-state index in [1.807, 2.05) is 6.92 Å². The molecule has 2 aromatic carbocycles. The first kappa shape index (κ1) is 23.7. The molecule has 3 amide bonds. The highest BCUT2D eigenvalue weighted by atomic mass is 79.9. The van der Waals surface area contributed by atoms with Crippen LogP contribution in [0.3, 0.4) is 0 Å². The van der Waals surface area contributed by atoms with Gasteiger partial charge < -0.3 is 0 Å². The maximum Gasteiger partial charge on any atom is 0.282 e. The molecule has 1 aliphatic heterocycles. The van der Waals surface area contributed by atoms with E-state index in [0.29, 0.717) is 12.8 Å². The Morgan fingerprint density at radius 3 is 2.38 bits per heavy atom. The molecule has 2 aliphatic rings. The van der Waals surface area contributed by atoms with Gasteiger partial charge in [-0.15, -0.1) is 0 Å². The molecule has 34 heavy (non-hydrogen) atoms. The predicted octanol–water partition coefficient (Wildman–Crippen LogP) is 4.02. The second-order valence-corrected chi connectivity index (χ2v) is 9.60. The van der Waals surface area contributed by atoms with Gasteiger partial charge in [0.25, 0.3) is 23.4 Å². The fraction of sp³-hybridized carbons (Fsp3) is 0.333. The van der Waals surface area contributed by atoms with Crippen molar-refractivity contribution in [3.8, 4) is 0 Å². The molecule has 0 radical (unpaired) electrons.